The Morgan fingerprint density at radius 1 is 1.00 bits per heavy atom. The molecule has 16 heavy (non-hydrogen) atoms. The van der Waals surface area contributed by atoms with Crippen LogP contribution in [0.25, 0.3) is 0 Å². The molecule has 4 aliphatic carbocycles. The van der Waals surface area contributed by atoms with Gasteiger partial charge in [0.25, 0.3) is 0 Å². The zero-order valence-corrected chi connectivity index (χ0v) is 10.6. The maximum Gasteiger partial charge on any atom is 0.0266 e. The van der Waals surface area contributed by atoms with E-state index in [9.17, 15) is 0 Å². The summed E-state index contributed by atoms with van der Waals surface area (Å²) in [4.78, 5) is 2.89. The second-order valence-corrected chi connectivity index (χ2v) is 6.98. The molecule has 1 aliphatic heterocycles. The number of likely N-dealkylation sites (tertiary alicyclic amines) is 1. The Hall–Kier alpha value is -0.0400. The van der Waals surface area contributed by atoms with Gasteiger partial charge in [-0.3, -0.25) is 4.90 Å². The van der Waals surface area contributed by atoms with E-state index in [1.54, 1.807) is 32.1 Å². The van der Waals surface area contributed by atoms with E-state index in [1.807, 2.05) is 0 Å². The van der Waals surface area contributed by atoms with E-state index in [0.717, 1.165) is 23.7 Å². The largest absolute Gasteiger partial charge is 0.297 e. The smallest absolute Gasteiger partial charge is 0.0266 e. The summed E-state index contributed by atoms with van der Waals surface area (Å²) in [6.45, 7) is 5.10. The minimum absolute atomic E-state index is 0.697. The van der Waals surface area contributed by atoms with Gasteiger partial charge < -0.3 is 0 Å². The van der Waals surface area contributed by atoms with Crippen LogP contribution in [0.1, 0.15) is 51.9 Å². The molecule has 1 spiro atoms. The van der Waals surface area contributed by atoms with Gasteiger partial charge in [0.05, 0.1) is 0 Å². The highest BCUT2D eigenvalue weighted by Gasteiger charge is 2.60. The van der Waals surface area contributed by atoms with Gasteiger partial charge in [0.15, 0.2) is 0 Å². The fourth-order valence-electron chi connectivity index (χ4n) is 6.30. The number of rotatable bonds is 1. The van der Waals surface area contributed by atoms with E-state index in [2.05, 4.69) is 11.8 Å². The summed E-state index contributed by atoms with van der Waals surface area (Å²) >= 11 is 0. The van der Waals surface area contributed by atoms with Crippen molar-refractivity contribution in [3.8, 4) is 0 Å². The molecule has 90 valence electrons. The molecule has 5 rings (SSSR count). The highest BCUT2D eigenvalue weighted by molar-refractivity contribution is 5.13. The molecule has 0 unspecified atom stereocenters. The maximum atomic E-state index is 2.89. The van der Waals surface area contributed by atoms with Gasteiger partial charge in [-0.25, -0.2) is 0 Å². The van der Waals surface area contributed by atoms with E-state index in [4.69, 9.17) is 0 Å². The third kappa shape index (κ3) is 1.06. The summed E-state index contributed by atoms with van der Waals surface area (Å²) in [6.07, 6.45) is 11.0. The minimum Gasteiger partial charge on any atom is -0.297 e. The summed E-state index contributed by atoms with van der Waals surface area (Å²) in [5.74, 6) is 4.44. The molecule has 5 aliphatic rings. The molecule has 4 saturated carbocycles. The topological polar surface area (TPSA) is 3.24 Å². The van der Waals surface area contributed by atoms with Crippen LogP contribution >= 0.6 is 0 Å². The predicted molar refractivity (Wildman–Crippen MR) is 66.3 cm³/mol. The summed E-state index contributed by atoms with van der Waals surface area (Å²) < 4.78 is 0. The molecule has 1 heterocycles. The standard InChI is InChI=1S/C15H25N/c1-2-16-5-3-4-15(16)13-7-11-6-12(9-13)10-14(15)8-11/h11-14H,2-10H2,1H3. The molecule has 0 atom stereocenters. The summed E-state index contributed by atoms with van der Waals surface area (Å²) in [5, 5.41) is 0. The van der Waals surface area contributed by atoms with E-state index in [1.165, 1.54) is 25.9 Å². The normalized spacial score (nSPS) is 55.3. The summed E-state index contributed by atoms with van der Waals surface area (Å²) in [7, 11) is 0. The zero-order valence-electron chi connectivity index (χ0n) is 10.6. The van der Waals surface area contributed by atoms with Gasteiger partial charge in [0.1, 0.15) is 0 Å². The minimum atomic E-state index is 0.697. The lowest BCUT2D eigenvalue weighted by Gasteiger charge is -2.63. The van der Waals surface area contributed by atoms with Gasteiger partial charge in [-0.15, -0.1) is 0 Å². The van der Waals surface area contributed by atoms with Crippen molar-refractivity contribution in [3.63, 3.8) is 0 Å². The molecule has 4 bridgehead atoms. The van der Waals surface area contributed by atoms with Gasteiger partial charge in [0.2, 0.25) is 0 Å². The molecule has 0 aromatic rings. The molecule has 1 saturated heterocycles. The van der Waals surface area contributed by atoms with Crippen LogP contribution in [-0.2, 0) is 0 Å². The van der Waals surface area contributed by atoms with Crippen molar-refractivity contribution < 1.29 is 0 Å². The van der Waals surface area contributed by atoms with Crippen molar-refractivity contribution in [2.24, 2.45) is 23.7 Å². The van der Waals surface area contributed by atoms with Crippen LogP contribution in [0, 0.1) is 23.7 Å². The Labute approximate surface area is 99.6 Å². The van der Waals surface area contributed by atoms with Crippen molar-refractivity contribution in [1.29, 1.82) is 0 Å². The molecule has 0 aromatic carbocycles. The van der Waals surface area contributed by atoms with Crippen LogP contribution in [0.5, 0.6) is 0 Å². The molecule has 5 fully saturated rings. The number of nitrogens with zero attached hydrogens (tertiary/aromatic N) is 1. The van der Waals surface area contributed by atoms with Gasteiger partial charge in [-0.05, 0) is 81.7 Å². The van der Waals surface area contributed by atoms with E-state index in [0.29, 0.717) is 5.54 Å². The highest BCUT2D eigenvalue weighted by atomic mass is 15.2. The Morgan fingerprint density at radius 2 is 1.62 bits per heavy atom. The van der Waals surface area contributed by atoms with Crippen LogP contribution in [0.4, 0.5) is 0 Å². The third-order valence-electron chi connectivity index (χ3n) is 6.53. The first-order valence-electron chi connectivity index (χ1n) is 7.58. The molecule has 1 nitrogen and oxygen atoms in total. The predicted octanol–water partition coefficient (Wildman–Crippen LogP) is 3.30. The molecular weight excluding hydrogens is 194 g/mol. The van der Waals surface area contributed by atoms with E-state index in [-0.39, 0.29) is 0 Å². The summed E-state index contributed by atoms with van der Waals surface area (Å²) in [6, 6.07) is 0. The van der Waals surface area contributed by atoms with E-state index < -0.39 is 0 Å². The Bertz CT molecular complexity index is 268. The first kappa shape index (κ1) is 9.94. The fourth-order valence-corrected chi connectivity index (χ4v) is 6.30. The van der Waals surface area contributed by atoms with Crippen molar-refractivity contribution >= 4 is 0 Å². The lowest BCUT2D eigenvalue weighted by atomic mass is 9.48. The molecule has 0 radical (unpaired) electrons. The third-order valence-corrected chi connectivity index (χ3v) is 6.53. The van der Waals surface area contributed by atoms with Crippen molar-refractivity contribution in [3.05, 3.63) is 0 Å². The first-order valence-corrected chi connectivity index (χ1v) is 7.58. The first-order chi connectivity index (χ1) is 7.83. The monoisotopic (exact) mass is 219 g/mol. The lowest BCUT2D eigenvalue weighted by molar-refractivity contribution is -0.117. The van der Waals surface area contributed by atoms with Crippen molar-refractivity contribution in [2.45, 2.75) is 57.4 Å². The van der Waals surface area contributed by atoms with Gasteiger partial charge in [0, 0.05) is 5.54 Å². The van der Waals surface area contributed by atoms with Crippen LogP contribution < -0.4 is 0 Å². The van der Waals surface area contributed by atoms with Gasteiger partial charge in [-0.1, -0.05) is 6.92 Å². The highest BCUT2D eigenvalue weighted by Crippen LogP contribution is 2.62. The Morgan fingerprint density at radius 3 is 2.19 bits per heavy atom. The fraction of sp³-hybridized carbons (Fsp3) is 1.00. The molecule has 0 aromatic heterocycles. The van der Waals surface area contributed by atoms with Gasteiger partial charge in [-0.2, -0.15) is 0 Å². The molecule has 1 heteroatoms. The second-order valence-electron chi connectivity index (χ2n) is 6.98. The van der Waals surface area contributed by atoms with Crippen LogP contribution in [0.2, 0.25) is 0 Å². The SMILES string of the molecule is CCN1CCCC12C1CC3CC(C1)CC2C3. The Kier molecular flexibility index (Phi) is 2.02. The zero-order chi connectivity index (χ0) is 10.8. The Balaban J connectivity index is 1.73. The van der Waals surface area contributed by atoms with Crippen LogP contribution in [0.15, 0.2) is 0 Å². The number of hydrogen-bond donors (Lipinski definition) is 0. The van der Waals surface area contributed by atoms with E-state index >= 15 is 0 Å². The quantitative estimate of drug-likeness (QED) is 0.654. The van der Waals surface area contributed by atoms with Crippen LogP contribution in [-0.4, -0.2) is 23.5 Å². The van der Waals surface area contributed by atoms with Crippen molar-refractivity contribution in [2.75, 3.05) is 13.1 Å². The van der Waals surface area contributed by atoms with Gasteiger partial charge >= 0.3 is 0 Å². The number of hydrogen-bond acceptors (Lipinski definition) is 1. The van der Waals surface area contributed by atoms with Crippen molar-refractivity contribution in [1.82, 2.24) is 4.90 Å². The molecule has 0 amide bonds. The summed E-state index contributed by atoms with van der Waals surface area (Å²) in [5.41, 5.74) is 0.697. The molecular formula is C15H25N. The lowest BCUT2D eigenvalue weighted by Crippen LogP contribution is -2.63. The molecule has 0 N–H and O–H groups in total. The second kappa shape index (κ2) is 3.25. The average molecular weight is 219 g/mol. The van der Waals surface area contributed by atoms with Crippen LogP contribution in [0.3, 0.4) is 0 Å². The maximum absolute atomic E-state index is 2.89. The average Bonchev–Trinajstić information content (AvgIpc) is 2.69.